The molecular weight excluding hydrogens is 392 g/mol. The van der Waals surface area contributed by atoms with Crippen molar-refractivity contribution in [1.29, 1.82) is 0 Å². The van der Waals surface area contributed by atoms with Crippen LogP contribution in [0.2, 0.25) is 0 Å². The van der Waals surface area contributed by atoms with Crippen LogP contribution in [0.3, 0.4) is 0 Å². The van der Waals surface area contributed by atoms with E-state index in [-0.39, 0.29) is 11.5 Å². The maximum atomic E-state index is 14.3. The molecule has 6 nitrogen and oxygen atoms in total. The Morgan fingerprint density at radius 3 is 2.43 bits per heavy atom. The lowest BCUT2D eigenvalue weighted by Crippen LogP contribution is -2.37. The molecule has 0 radical (unpaired) electrons. The van der Waals surface area contributed by atoms with E-state index < -0.39 is 54.7 Å². The number of hydrogen-bond donors (Lipinski definition) is 3. The molecule has 0 bridgehead atoms. The van der Waals surface area contributed by atoms with Crippen molar-refractivity contribution >= 4 is 17.5 Å². The van der Waals surface area contributed by atoms with Crippen molar-refractivity contribution in [3.05, 3.63) is 11.7 Å². The van der Waals surface area contributed by atoms with Crippen LogP contribution >= 0.6 is 0 Å². The van der Waals surface area contributed by atoms with Gasteiger partial charge in [0.2, 0.25) is 11.9 Å². The van der Waals surface area contributed by atoms with E-state index in [0.29, 0.717) is 12.5 Å². The molecule has 1 fully saturated rings. The monoisotopic (exact) mass is 411 g/mol. The summed E-state index contributed by atoms with van der Waals surface area (Å²) in [6, 6.07) is -2.00. The molecular formula is C16H19F6N5O. The Bertz CT molecular complexity index is 764. The third-order valence-corrected chi connectivity index (χ3v) is 4.62. The quantitative estimate of drug-likeness (QED) is 0.622. The third-order valence-electron chi connectivity index (χ3n) is 4.62. The Hall–Kier alpha value is -2.11. The van der Waals surface area contributed by atoms with Crippen molar-refractivity contribution in [2.24, 2.45) is 5.92 Å². The topological polar surface area (TPSA) is 83.0 Å². The van der Waals surface area contributed by atoms with Crippen LogP contribution in [0.25, 0.3) is 5.57 Å². The van der Waals surface area contributed by atoms with Gasteiger partial charge in [0.1, 0.15) is 11.9 Å². The first-order valence-corrected chi connectivity index (χ1v) is 8.75. The summed E-state index contributed by atoms with van der Waals surface area (Å²) in [6.45, 7) is 1.32. The zero-order valence-corrected chi connectivity index (χ0v) is 14.8. The molecule has 0 amide bonds. The highest BCUT2D eigenvalue weighted by Crippen LogP contribution is 2.41. The van der Waals surface area contributed by atoms with Gasteiger partial charge < -0.3 is 15.7 Å². The smallest absolute Gasteiger partial charge is 0.380 e. The third kappa shape index (κ3) is 4.65. The van der Waals surface area contributed by atoms with Gasteiger partial charge in [-0.2, -0.15) is 28.1 Å². The molecule has 1 saturated carbocycles. The van der Waals surface area contributed by atoms with Gasteiger partial charge in [-0.25, -0.2) is 13.2 Å². The van der Waals surface area contributed by atoms with Crippen molar-refractivity contribution in [3.8, 4) is 0 Å². The van der Waals surface area contributed by atoms with Crippen LogP contribution in [0.15, 0.2) is 5.83 Å². The first-order chi connectivity index (χ1) is 13.0. The summed E-state index contributed by atoms with van der Waals surface area (Å²) in [5.41, 5.74) is -0.377. The van der Waals surface area contributed by atoms with Gasteiger partial charge in [-0.05, 0) is 32.1 Å². The van der Waals surface area contributed by atoms with Gasteiger partial charge >= 0.3 is 6.18 Å². The van der Waals surface area contributed by atoms with Gasteiger partial charge in [-0.3, -0.25) is 0 Å². The summed E-state index contributed by atoms with van der Waals surface area (Å²) >= 11 is 0. The minimum atomic E-state index is -4.58. The number of hydrogen-bond acceptors (Lipinski definition) is 6. The fourth-order valence-corrected chi connectivity index (χ4v) is 2.60. The fraction of sp³-hybridized carbons (Fsp3) is 0.688. The van der Waals surface area contributed by atoms with Gasteiger partial charge in [0.25, 0.3) is 5.92 Å². The van der Waals surface area contributed by atoms with Crippen LogP contribution in [-0.4, -0.2) is 50.8 Å². The van der Waals surface area contributed by atoms with E-state index in [9.17, 15) is 31.4 Å². The number of allylic oxidation sites excluding steroid dienone is 1. The van der Waals surface area contributed by atoms with Crippen molar-refractivity contribution < 1.29 is 31.4 Å². The van der Waals surface area contributed by atoms with Gasteiger partial charge in [0, 0.05) is 18.5 Å². The lowest BCUT2D eigenvalue weighted by atomic mass is 9.92. The first-order valence-electron chi connectivity index (χ1n) is 8.75. The summed E-state index contributed by atoms with van der Waals surface area (Å²) in [4.78, 5) is 11.6. The maximum absolute atomic E-state index is 14.3. The van der Waals surface area contributed by atoms with Crippen LogP contribution < -0.4 is 10.6 Å². The zero-order valence-electron chi connectivity index (χ0n) is 14.8. The lowest BCUT2D eigenvalue weighted by Gasteiger charge is -2.27. The number of nitrogens with zero attached hydrogens (tertiary/aromatic N) is 3. The number of aliphatic hydroxyl groups excluding tert-OH is 1. The Morgan fingerprint density at radius 2 is 1.82 bits per heavy atom. The largest absolute Gasteiger partial charge is 0.408 e. The Kier molecular flexibility index (Phi) is 5.43. The SMILES string of the molecule is CC(Nc1nc(NCC2CC2)nc(C2=C(F)C(O)C(F)(F)CC2)n1)C(F)(F)F. The second-order valence-electron chi connectivity index (χ2n) is 7.03. The minimum Gasteiger partial charge on any atom is -0.380 e. The Balaban J connectivity index is 1.93. The van der Waals surface area contributed by atoms with Gasteiger partial charge in [-0.1, -0.05) is 0 Å². The second kappa shape index (κ2) is 7.37. The fourth-order valence-electron chi connectivity index (χ4n) is 2.60. The average Bonchev–Trinajstić information content (AvgIpc) is 3.41. The van der Waals surface area contributed by atoms with Crippen molar-refractivity contribution in [1.82, 2.24) is 15.0 Å². The average molecular weight is 411 g/mol. The molecule has 0 saturated heterocycles. The van der Waals surface area contributed by atoms with Crippen molar-refractivity contribution in [2.45, 2.75) is 56.9 Å². The van der Waals surface area contributed by atoms with E-state index in [0.717, 1.165) is 19.8 Å². The molecule has 2 atom stereocenters. The summed E-state index contributed by atoms with van der Waals surface area (Å²) in [7, 11) is 0. The number of halogens is 6. The van der Waals surface area contributed by atoms with Gasteiger partial charge in [-0.15, -0.1) is 0 Å². The molecule has 2 unspecified atom stereocenters. The van der Waals surface area contributed by atoms with Gasteiger partial charge in [0.15, 0.2) is 11.9 Å². The molecule has 3 rings (SSSR count). The van der Waals surface area contributed by atoms with Crippen LogP contribution in [0, 0.1) is 5.92 Å². The Labute approximate surface area is 156 Å². The molecule has 12 heteroatoms. The predicted molar refractivity (Wildman–Crippen MR) is 88.4 cm³/mol. The van der Waals surface area contributed by atoms with Gasteiger partial charge in [0.05, 0.1) is 0 Å². The van der Waals surface area contributed by atoms with Crippen LogP contribution in [0.5, 0.6) is 0 Å². The van der Waals surface area contributed by atoms with Crippen LogP contribution in [0.4, 0.5) is 38.2 Å². The highest BCUT2D eigenvalue weighted by molar-refractivity contribution is 5.66. The second-order valence-corrected chi connectivity index (χ2v) is 7.03. The molecule has 0 aliphatic heterocycles. The number of anilines is 2. The summed E-state index contributed by atoms with van der Waals surface area (Å²) in [5.74, 6) is -5.71. The molecule has 2 aliphatic carbocycles. The molecule has 3 N–H and O–H groups in total. The van der Waals surface area contributed by atoms with E-state index in [1.54, 1.807) is 0 Å². The molecule has 0 spiro atoms. The normalized spacial score (nSPS) is 23.5. The number of aliphatic hydroxyl groups is 1. The molecule has 2 aliphatic rings. The van der Waals surface area contributed by atoms with E-state index in [1.807, 2.05) is 0 Å². The standard InChI is InChI=1S/C16H19F6N5O/c1-7(16(20,21)22)24-14-26-12(25-13(27-14)23-6-8-2-3-8)9-4-5-15(18,19)11(28)10(9)17/h7-8,11,28H,2-6H2,1H3,(H2,23,24,25,26,27). The predicted octanol–water partition coefficient (Wildman–Crippen LogP) is 3.53. The number of rotatable bonds is 6. The van der Waals surface area contributed by atoms with Crippen LogP contribution in [-0.2, 0) is 0 Å². The summed E-state index contributed by atoms with van der Waals surface area (Å²) < 4.78 is 79.7. The first kappa shape index (κ1) is 20.6. The molecule has 0 aromatic carbocycles. The lowest BCUT2D eigenvalue weighted by molar-refractivity contribution is -0.138. The molecule has 1 heterocycles. The number of nitrogens with one attached hydrogen (secondary N) is 2. The number of alkyl halides is 5. The minimum absolute atomic E-state index is 0.0964. The van der Waals surface area contributed by atoms with Crippen molar-refractivity contribution in [3.63, 3.8) is 0 Å². The molecule has 1 aromatic heterocycles. The maximum Gasteiger partial charge on any atom is 0.408 e. The highest BCUT2D eigenvalue weighted by Gasteiger charge is 2.46. The van der Waals surface area contributed by atoms with E-state index in [1.165, 1.54) is 0 Å². The molecule has 1 aromatic rings. The van der Waals surface area contributed by atoms with E-state index in [4.69, 9.17) is 0 Å². The Morgan fingerprint density at radius 1 is 1.18 bits per heavy atom. The van der Waals surface area contributed by atoms with Crippen molar-refractivity contribution in [2.75, 3.05) is 17.2 Å². The summed E-state index contributed by atoms with van der Waals surface area (Å²) in [5, 5.41) is 14.4. The van der Waals surface area contributed by atoms with Crippen LogP contribution in [0.1, 0.15) is 38.4 Å². The van der Waals surface area contributed by atoms with E-state index in [2.05, 4.69) is 25.6 Å². The van der Waals surface area contributed by atoms with E-state index >= 15 is 0 Å². The highest BCUT2D eigenvalue weighted by atomic mass is 19.4. The number of aromatic nitrogens is 3. The molecule has 156 valence electrons. The summed E-state index contributed by atoms with van der Waals surface area (Å²) in [6.07, 6.45) is -6.57. The molecule has 28 heavy (non-hydrogen) atoms. The zero-order chi connectivity index (χ0) is 20.7.